The predicted octanol–water partition coefficient (Wildman–Crippen LogP) is 3.31. The normalized spacial score (nSPS) is 11.4. The van der Waals surface area contributed by atoms with Crippen LogP contribution in [0.25, 0.3) is 0 Å². The molecule has 0 bridgehead atoms. The number of carbonyl (C=O) groups is 1. The molecule has 1 aromatic carbocycles. The van der Waals surface area contributed by atoms with Crippen molar-refractivity contribution in [2.24, 2.45) is 0 Å². The van der Waals surface area contributed by atoms with Crippen molar-refractivity contribution in [3.05, 3.63) is 29.8 Å². The Hall–Kier alpha value is -1.35. The summed E-state index contributed by atoms with van der Waals surface area (Å²) in [4.78, 5) is 11.9. The summed E-state index contributed by atoms with van der Waals surface area (Å²) in [6.07, 6.45) is 2.24. The highest BCUT2D eigenvalue weighted by atomic mass is 16.1. The van der Waals surface area contributed by atoms with Crippen molar-refractivity contribution in [2.75, 3.05) is 18.4 Å². The van der Waals surface area contributed by atoms with Gasteiger partial charge in [-0.15, -0.1) is 0 Å². The van der Waals surface area contributed by atoms with Gasteiger partial charge in [0.05, 0.1) is 6.54 Å². The molecule has 0 atom stereocenters. The van der Waals surface area contributed by atoms with Crippen LogP contribution in [-0.4, -0.2) is 19.0 Å². The molecule has 0 fully saturated rings. The maximum absolute atomic E-state index is 11.9. The zero-order valence-corrected chi connectivity index (χ0v) is 12.5. The molecule has 19 heavy (non-hydrogen) atoms. The van der Waals surface area contributed by atoms with E-state index in [0.29, 0.717) is 6.54 Å². The molecule has 1 amide bonds. The minimum absolute atomic E-state index is 0.0211. The van der Waals surface area contributed by atoms with Gasteiger partial charge in [-0.3, -0.25) is 4.79 Å². The first-order chi connectivity index (χ1) is 8.95. The molecular formula is C16H26N2O. The molecule has 0 aliphatic carbocycles. The molecule has 3 heteroatoms. The van der Waals surface area contributed by atoms with Crippen LogP contribution >= 0.6 is 0 Å². The lowest BCUT2D eigenvalue weighted by molar-refractivity contribution is -0.115. The van der Waals surface area contributed by atoms with Crippen molar-refractivity contribution in [1.82, 2.24) is 5.32 Å². The number of rotatable bonds is 6. The van der Waals surface area contributed by atoms with Gasteiger partial charge in [0.1, 0.15) is 0 Å². The molecule has 2 N–H and O–H groups in total. The molecule has 0 radical (unpaired) electrons. The quantitative estimate of drug-likeness (QED) is 0.772. The van der Waals surface area contributed by atoms with Crippen LogP contribution in [0, 0.1) is 0 Å². The van der Waals surface area contributed by atoms with E-state index in [2.05, 4.69) is 44.4 Å². The third-order valence-corrected chi connectivity index (χ3v) is 3.00. The monoisotopic (exact) mass is 262 g/mol. The SMILES string of the molecule is CCCCNCC(=O)Nc1ccccc1C(C)(C)C. The van der Waals surface area contributed by atoms with E-state index in [1.807, 2.05) is 18.2 Å². The van der Waals surface area contributed by atoms with E-state index >= 15 is 0 Å². The molecule has 3 nitrogen and oxygen atoms in total. The van der Waals surface area contributed by atoms with E-state index in [1.54, 1.807) is 0 Å². The van der Waals surface area contributed by atoms with Crippen LogP contribution in [-0.2, 0) is 10.2 Å². The third kappa shape index (κ3) is 5.43. The first-order valence-corrected chi connectivity index (χ1v) is 7.05. The fourth-order valence-electron chi connectivity index (χ4n) is 1.94. The summed E-state index contributed by atoms with van der Waals surface area (Å²) in [5, 5.41) is 6.15. The number of carbonyl (C=O) groups excluding carboxylic acids is 1. The first-order valence-electron chi connectivity index (χ1n) is 7.05. The van der Waals surface area contributed by atoms with Gasteiger partial charge in [-0.2, -0.15) is 0 Å². The van der Waals surface area contributed by atoms with E-state index in [4.69, 9.17) is 0 Å². The lowest BCUT2D eigenvalue weighted by Gasteiger charge is -2.23. The number of unbranched alkanes of at least 4 members (excludes halogenated alkanes) is 1. The van der Waals surface area contributed by atoms with Crippen molar-refractivity contribution in [1.29, 1.82) is 0 Å². The fraction of sp³-hybridized carbons (Fsp3) is 0.562. The van der Waals surface area contributed by atoms with Crippen LogP contribution in [0.4, 0.5) is 5.69 Å². The van der Waals surface area contributed by atoms with Crippen molar-refractivity contribution >= 4 is 11.6 Å². The van der Waals surface area contributed by atoms with Crippen LogP contribution in [0.2, 0.25) is 0 Å². The van der Waals surface area contributed by atoms with Gasteiger partial charge >= 0.3 is 0 Å². The Morgan fingerprint density at radius 3 is 2.53 bits per heavy atom. The topological polar surface area (TPSA) is 41.1 Å². The summed E-state index contributed by atoms with van der Waals surface area (Å²) in [7, 11) is 0. The molecule has 106 valence electrons. The van der Waals surface area contributed by atoms with Crippen LogP contribution < -0.4 is 10.6 Å². The smallest absolute Gasteiger partial charge is 0.238 e. The Morgan fingerprint density at radius 2 is 1.89 bits per heavy atom. The zero-order valence-electron chi connectivity index (χ0n) is 12.5. The van der Waals surface area contributed by atoms with Crippen molar-refractivity contribution in [3.8, 4) is 0 Å². The molecule has 0 saturated heterocycles. The van der Waals surface area contributed by atoms with Crippen molar-refractivity contribution in [2.45, 2.75) is 46.0 Å². The summed E-state index contributed by atoms with van der Waals surface area (Å²) in [6.45, 7) is 9.86. The summed E-state index contributed by atoms with van der Waals surface area (Å²) in [5.74, 6) is 0.0211. The second-order valence-electron chi connectivity index (χ2n) is 5.87. The Balaban J connectivity index is 2.59. The highest BCUT2D eigenvalue weighted by Crippen LogP contribution is 2.28. The molecule has 0 heterocycles. The maximum Gasteiger partial charge on any atom is 0.238 e. The highest BCUT2D eigenvalue weighted by molar-refractivity contribution is 5.93. The first kappa shape index (κ1) is 15.7. The van der Waals surface area contributed by atoms with Gasteiger partial charge in [0.25, 0.3) is 0 Å². The zero-order chi connectivity index (χ0) is 14.3. The highest BCUT2D eigenvalue weighted by Gasteiger charge is 2.18. The Kier molecular flexibility index (Phi) is 6.03. The Morgan fingerprint density at radius 1 is 1.21 bits per heavy atom. The van der Waals surface area contributed by atoms with Gasteiger partial charge < -0.3 is 10.6 Å². The average Bonchev–Trinajstić information content (AvgIpc) is 2.34. The van der Waals surface area contributed by atoms with Gasteiger partial charge in [-0.1, -0.05) is 52.3 Å². The minimum Gasteiger partial charge on any atom is -0.325 e. The number of hydrogen-bond donors (Lipinski definition) is 2. The average molecular weight is 262 g/mol. The van der Waals surface area contributed by atoms with Gasteiger partial charge in [0, 0.05) is 5.69 Å². The maximum atomic E-state index is 11.9. The van der Waals surface area contributed by atoms with E-state index in [-0.39, 0.29) is 11.3 Å². The molecular weight excluding hydrogens is 236 g/mol. The van der Waals surface area contributed by atoms with Crippen LogP contribution in [0.3, 0.4) is 0 Å². The molecule has 0 aliphatic rings. The van der Waals surface area contributed by atoms with Gasteiger partial charge in [0.2, 0.25) is 5.91 Å². The summed E-state index contributed by atoms with van der Waals surface area (Å²) >= 11 is 0. The van der Waals surface area contributed by atoms with E-state index in [9.17, 15) is 4.79 Å². The number of hydrogen-bond acceptors (Lipinski definition) is 2. The lowest BCUT2D eigenvalue weighted by Crippen LogP contribution is -2.29. The molecule has 0 aromatic heterocycles. The summed E-state index contributed by atoms with van der Waals surface area (Å²) in [6, 6.07) is 8.00. The van der Waals surface area contributed by atoms with Crippen LogP contribution in [0.5, 0.6) is 0 Å². The second-order valence-corrected chi connectivity index (χ2v) is 5.87. The number of nitrogens with one attached hydrogen (secondary N) is 2. The van der Waals surface area contributed by atoms with Gasteiger partial charge in [-0.05, 0) is 30.0 Å². The molecule has 0 unspecified atom stereocenters. The van der Waals surface area contributed by atoms with E-state index in [1.165, 1.54) is 0 Å². The number of para-hydroxylation sites is 1. The lowest BCUT2D eigenvalue weighted by atomic mass is 9.86. The third-order valence-electron chi connectivity index (χ3n) is 3.00. The van der Waals surface area contributed by atoms with Crippen LogP contribution in [0.15, 0.2) is 24.3 Å². The number of anilines is 1. The predicted molar refractivity (Wildman–Crippen MR) is 81.5 cm³/mol. The largest absolute Gasteiger partial charge is 0.325 e. The van der Waals surface area contributed by atoms with Crippen molar-refractivity contribution in [3.63, 3.8) is 0 Å². The Bertz CT molecular complexity index is 407. The van der Waals surface area contributed by atoms with E-state index < -0.39 is 0 Å². The molecule has 0 saturated carbocycles. The van der Waals surface area contributed by atoms with Gasteiger partial charge in [-0.25, -0.2) is 0 Å². The minimum atomic E-state index is 0.0211. The molecule has 0 spiro atoms. The fourth-order valence-corrected chi connectivity index (χ4v) is 1.94. The number of amides is 1. The molecule has 0 aliphatic heterocycles. The molecule has 1 aromatic rings. The van der Waals surface area contributed by atoms with Crippen LogP contribution in [0.1, 0.15) is 46.1 Å². The van der Waals surface area contributed by atoms with Crippen molar-refractivity contribution < 1.29 is 4.79 Å². The summed E-state index contributed by atoms with van der Waals surface area (Å²) < 4.78 is 0. The Labute approximate surface area is 116 Å². The van der Waals surface area contributed by atoms with E-state index in [0.717, 1.165) is 30.6 Å². The summed E-state index contributed by atoms with van der Waals surface area (Å²) in [5.41, 5.74) is 2.11. The second kappa shape index (κ2) is 7.29. The number of benzene rings is 1. The standard InChI is InChI=1S/C16H26N2O/c1-5-6-11-17-12-15(19)18-14-10-8-7-9-13(14)16(2,3)4/h7-10,17H,5-6,11-12H2,1-4H3,(H,18,19). The van der Waals surface area contributed by atoms with Gasteiger partial charge in [0.15, 0.2) is 0 Å². The molecule has 1 rings (SSSR count).